The summed E-state index contributed by atoms with van der Waals surface area (Å²) in [4.78, 5) is 14.6. The standard InChI is InChI=1S/C20H19Cl2NO4/c21-14-4-6-17(15(22)11-14)27-12-20(24)23-7-1-2-16(23)13-3-5-18-19(10-13)26-9-8-25-18/h3-6,10-11,16H,1-2,7-9,12H2/t16-/m0/s1. The molecule has 0 bridgehead atoms. The Balaban J connectivity index is 1.45. The zero-order valence-electron chi connectivity index (χ0n) is 14.6. The highest BCUT2D eigenvalue weighted by Gasteiger charge is 2.31. The molecular weight excluding hydrogens is 389 g/mol. The predicted molar refractivity (Wildman–Crippen MR) is 103 cm³/mol. The third-order valence-electron chi connectivity index (χ3n) is 4.77. The van der Waals surface area contributed by atoms with Gasteiger partial charge in [0.2, 0.25) is 0 Å². The van der Waals surface area contributed by atoms with E-state index < -0.39 is 0 Å². The number of fused-ring (bicyclic) bond motifs is 1. The summed E-state index contributed by atoms with van der Waals surface area (Å²) in [5.41, 5.74) is 1.05. The summed E-state index contributed by atoms with van der Waals surface area (Å²) in [6, 6.07) is 10.8. The van der Waals surface area contributed by atoms with Gasteiger partial charge in [0.05, 0.1) is 11.1 Å². The van der Waals surface area contributed by atoms with E-state index in [9.17, 15) is 4.79 Å². The fourth-order valence-electron chi connectivity index (χ4n) is 3.49. The van der Waals surface area contributed by atoms with Gasteiger partial charge in [-0.05, 0) is 48.7 Å². The highest BCUT2D eigenvalue weighted by atomic mass is 35.5. The number of ether oxygens (including phenoxy) is 3. The number of carbonyl (C=O) groups excluding carboxylic acids is 1. The molecule has 27 heavy (non-hydrogen) atoms. The van der Waals surface area contributed by atoms with Crippen molar-refractivity contribution in [2.75, 3.05) is 26.4 Å². The Bertz CT molecular complexity index is 858. The van der Waals surface area contributed by atoms with Gasteiger partial charge < -0.3 is 19.1 Å². The smallest absolute Gasteiger partial charge is 0.261 e. The van der Waals surface area contributed by atoms with Gasteiger partial charge >= 0.3 is 0 Å². The van der Waals surface area contributed by atoms with Crippen molar-refractivity contribution in [3.63, 3.8) is 0 Å². The van der Waals surface area contributed by atoms with E-state index in [0.717, 1.165) is 29.9 Å². The summed E-state index contributed by atoms with van der Waals surface area (Å²) in [5, 5.41) is 0.914. The number of rotatable bonds is 4. The van der Waals surface area contributed by atoms with E-state index in [1.54, 1.807) is 18.2 Å². The fraction of sp³-hybridized carbons (Fsp3) is 0.350. The largest absolute Gasteiger partial charge is 0.486 e. The lowest BCUT2D eigenvalue weighted by atomic mass is 10.0. The molecule has 0 aromatic heterocycles. The lowest BCUT2D eigenvalue weighted by Gasteiger charge is -2.26. The maximum Gasteiger partial charge on any atom is 0.261 e. The molecule has 1 saturated heterocycles. The first-order valence-electron chi connectivity index (χ1n) is 8.89. The third kappa shape index (κ3) is 3.94. The quantitative estimate of drug-likeness (QED) is 0.747. The molecule has 1 amide bonds. The Kier molecular flexibility index (Phi) is 5.32. The van der Waals surface area contributed by atoms with Crippen LogP contribution in [0, 0.1) is 0 Å². The van der Waals surface area contributed by atoms with E-state index in [1.807, 2.05) is 23.1 Å². The lowest BCUT2D eigenvalue weighted by molar-refractivity contribution is -0.134. The van der Waals surface area contributed by atoms with Crippen LogP contribution in [0.15, 0.2) is 36.4 Å². The van der Waals surface area contributed by atoms with Crippen molar-refractivity contribution < 1.29 is 19.0 Å². The van der Waals surface area contributed by atoms with Gasteiger partial charge in [0.25, 0.3) is 5.91 Å². The molecule has 5 nitrogen and oxygen atoms in total. The molecule has 2 aromatic rings. The number of benzene rings is 2. The van der Waals surface area contributed by atoms with Crippen LogP contribution in [0.2, 0.25) is 10.0 Å². The maximum absolute atomic E-state index is 12.7. The van der Waals surface area contributed by atoms with Crippen molar-refractivity contribution in [3.8, 4) is 17.2 Å². The first-order valence-corrected chi connectivity index (χ1v) is 9.64. The van der Waals surface area contributed by atoms with Gasteiger partial charge in [0.15, 0.2) is 18.1 Å². The van der Waals surface area contributed by atoms with Gasteiger partial charge in [-0.2, -0.15) is 0 Å². The summed E-state index contributed by atoms with van der Waals surface area (Å²) in [6.07, 6.45) is 1.86. The Morgan fingerprint density at radius 3 is 2.74 bits per heavy atom. The second-order valence-electron chi connectivity index (χ2n) is 6.51. The minimum absolute atomic E-state index is 0.0117. The van der Waals surface area contributed by atoms with E-state index >= 15 is 0 Å². The zero-order chi connectivity index (χ0) is 18.8. The monoisotopic (exact) mass is 407 g/mol. The van der Waals surface area contributed by atoms with Crippen molar-refractivity contribution in [3.05, 3.63) is 52.0 Å². The van der Waals surface area contributed by atoms with E-state index in [-0.39, 0.29) is 18.6 Å². The molecule has 142 valence electrons. The van der Waals surface area contributed by atoms with Crippen LogP contribution < -0.4 is 14.2 Å². The van der Waals surface area contributed by atoms with Gasteiger partial charge in [-0.1, -0.05) is 29.3 Å². The Labute approximate surface area is 167 Å². The van der Waals surface area contributed by atoms with Crippen LogP contribution >= 0.6 is 23.2 Å². The highest BCUT2D eigenvalue weighted by molar-refractivity contribution is 6.35. The zero-order valence-corrected chi connectivity index (χ0v) is 16.1. The van der Waals surface area contributed by atoms with Gasteiger partial charge in [-0.3, -0.25) is 4.79 Å². The molecule has 2 heterocycles. The predicted octanol–water partition coefficient (Wildman–Crippen LogP) is 4.51. The van der Waals surface area contributed by atoms with Gasteiger partial charge in [-0.15, -0.1) is 0 Å². The molecule has 0 radical (unpaired) electrons. The molecule has 0 unspecified atom stereocenters. The second kappa shape index (κ2) is 7.87. The summed E-state index contributed by atoms with van der Waals surface area (Å²) >= 11 is 12.0. The molecule has 1 fully saturated rings. The summed E-state index contributed by atoms with van der Waals surface area (Å²) in [7, 11) is 0. The number of hydrogen-bond donors (Lipinski definition) is 0. The van der Waals surface area contributed by atoms with Crippen LogP contribution in [0.3, 0.4) is 0 Å². The van der Waals surface area contributed by atoms with Gasteiger partial charge in [0.1, 0.15) is 19.0 Å². The van der Waals surface area contributed by atoms with Crippen LogP contribution in [0.5, 0.6) is 17.2 Å². The average molecular weight is 408 g/mol. The first kappa shape index (κ1) is 18.3. The molecule has 0 aliphatic carbocycles. The Hall–Kier alpha value is -2.11. The Morgan fingerprint density at radius 1 is 1.11 bits per heavy atom. The van der Waals surface area contributed by atoms with Crippen molar-refractivity contribution in [2.24, 2.45) is 0 Å². The average Bonchev–Trinajstić information content (AvgIpc) is 3.16. The normalized spacial score (nSPS) is 18.4. The molecule has 2 aromatic carbocycles. The highest BCUT2D eigenvalue weighted by Crippen LogP contribution is 2.38. The van der Waals surface area contributed by atoms with Crippen molar-refractivity contribution >= 4 is 29.1 Å². The number of carbonyl (C=O) groups is 1. The van der Waals surface area contributed by atoms with Crippen LogP contribution in [0.25, 0.3) is 0 Å². The topological polar surface area (TPSA) is 48.0 Å². The lowest BCUT2D eigenvalue weighted by Crippen LogP contribution is -2.34. The van der Waals surface area contributed by atoms with Crippen LogP contribution in [0.4, 0.5) is 0 Å². The third-order valence-corrected chi connectivity index (χ3v) is 5.30. The number of likely N-dealkylation sites (tertiary alicyclic amines) is 1. The van der Waals surface area contributed by atoms with Crippen LogP contribution in [0.1, 0.15) is 24.4 Å². The molecule has 2 aliphatic heterocycles. The number of hydrogen-bond acceptors (Lipinski definition) is 4. The summed E-state index contributed by atoms with van der Waals surface area (Å²) in [5.74, 6) is 1.87. The van der Waals surface area contributed by atoms with Crippen molar-refractivity contribution in [1.82, 2.24) is 4.90 Å². The van der Waals surface area contributed by atoms with Gasteiger partial charge in [-0.25, -0.2) is 0 Å². The second-order valence-corrected chi connectivity index (χ2v) is 7.36. The maximum atomic E-state index is 12.7. The SMILES string of the molecule is O=C(COc1ccc(Cl)cc1Cl)N1CCC[C@H]1c1ccc2c(c1)OCCO2. The van der Waals surface area contributed by atoms with E-state index in [1.165, 1.54) is 0 Å². The summed E-state index contributed by atoms with van der Waals surface area (Å²) in [6.45, 7) is 1.74. The van der Waals surface area contributed by atoms with Crippen LogP contribution in [-0.4, -0.2) is 37.2 Å². The molecule has 4 rings (SSSR count). The molecule has 0 spiro atoms. The molecule has 7 heteroatoms. The van der Waals surface area contributed by atoms with E-state index in [2.05, 4.69) is 0 Å². The van der Waals surface area contributed by atoms with Gasteiger partial charge in [0, 0.05) is 11.6 Å². The molecule has 2 aliphatic rings. The number of halogens is 2. The molecule has 0 N–H and O–H groups in total. The van der Waals surface area contributed by atoms with Crippen molar-refractivity contribution in [2.45, 2.75) is 18.9 Å². The minimum atomic E-state index is -0.0709. The fourth-order valence-corrected chi connectivity index (χ4v) is 3.96. The number of amides is 1. The molecule has 1 atom stereocenters. The van der Waals surface area contributed by atoms with E-state index in [4.69, 9.17) is 37.4 Å². The minimum Gasteiger partial charge on any atom is -0.486 e. The molecule has 0 saturated carbocycles. The van der Waals surface area contributed by atoms with E-state index in [0.29, 0.717) is 35.6 Å². The number of nitrogens with zero attached hydrogens (tertiary/aromatic N) is 1. The van der Waals surface area contributed by atoms with Crippen LogP contribution in [-0.2, 0) is 4.79 Å². The van der Waals surface area contributed by atoms with Crippen molar-refractivity contribution in [1.29, 1.82) is 0 Å². The summed E-state index contributed by atoms with van der Waals surface area (Å²) < 4.78 is 16.9. The first-order chi connectivity index (χ1) is 13.1. The molecular formula is C20H19Cl2NO4. The Morgan fingerprint density at radius 2 is 1.93 bits per heavy atom.